The molecule has 2 rings (SSSR count). The van der Waals surface area contributed by atoms with Gasteiger partial charge in [0.1, 0.15) is 0 Å². The van der Waals surface area contributed by atoms with Gasteiger partial charge in [-0.1, -0.05) is 0 Å². The Morgan fingerprint density at radius 2 is 2.11 bits per heavy atom. The molecule has 1 aliphatic rings. The predicted molar refractivity (Wildman–Crippen MR) is 71.7 cm³/mol. The van der Waals surface area contributed by atoms with Gasteiger partial charge in [0.2, 0.25) is 0 Å². The zero-order valence-electron chi connectivity index (χ0n) is 11.1. The van der Waals surface area contributed by atoms with Crippen molar-refractivity contribution in [2.45, 2.75) is 19.3 Å². The summed E-state index contributed by atoms with van der Waals surface area (Å²) in [5.74, 6) is -0.0758. The van der Waals surface area contributed by atoms with Crippen LogP contribution in [0.4, 0.5) is 0 Å². The van der Waals surface area contributed by atoms with Gasteiger partial charge in [-0.2, -0.15) is 5.26 Å². The van der Waals surface area contributed by atoms with Crippen LogP contribution in [0, 0.1) is 16.7 Å². The molecule has 100 valence electrons. The van der Waals surface area contributed by atoms with Crippen LogP contribution in [0.25, 0.3) is 0 Å². The fourth-order valence-corrected chi connectivity index (χ4v) is 2.08. The number of nitriles is 1. The molecule has 0 atom stereocenters. The third kappa shape index (κ3) is 3.55. The molecule has 0 radical (unpaired) electrons. The number of rotatable bonds is 6. The van der Waals surface area contributed by atoms with Crippen LogP contribution in [0.5, 0.6) is 0 Å². The highest BCUT2D eigenvalue weighted by molar-refractivity contribution is 5.94. The Labute approximate surface area is 113 Å². The van der Waals surface area contributed by atoms with Crippen molar-refractivity contribution in [3.05, 3.63) is 35.4 Å². The van der Waals surface area contributed by atoms with Gasteiger partial charge < -0.3 is 10.1 Å². The summed E-state index contributed by atoms with van der Waals surface area (Å²) >= 11 is 0. The minimum absolute atomic E-state index is 0.0758. The Bertz CT molecular complexity index is 484. The van der Waals surface area contributed by atoms with Crippen LogP contribution >= 0.6 is 0 Å². The largest absolute Gasteiger partial charge is 0.385 e. The molecule has 0 aromatic heterocycles. The number of nitrogens with one attached hydrogen (secondary N) is 1. The second kappa shape index (κ2) is 5.85. The maximum absolute atomic E-state index is 12.0. The van der Waals surface area contributed by atoms with Gasteiger partial charge in [0.25, 0.3) is 5.91 Å². The highest BCUT2D eigenvalue weighted by atomic mass is 16.5. The van der Waals surface area contributed by atoms with Crippen molar-refractivity contribution in [1.29, 1.82) is 5.26 Å². The number of hydrogen-bond acceptors (Lipinski definition) is 3. The fraction of sp³-hybridized carbons (Fsp3) is 0.467. The fourth-order valence-electron chi connectivity index (χ4n) is 2.08. The number of methoxy groups -OCH3 is 1. The first-order chi connectivity index (χ1) is 9.19. The van der Waals surface area contributed by atoms with Crippen molar-refractivity contribution < 1.29 is 9.53 Å². The van der Waals surface area contributed by atoms with Gasteiger partial charge in [-0.3, -0.25) is 4.79 Å². The van der Waals surface area contributed by atoms with Crippen LogP contribution in [0.1, 0.15) is 35.2 Å². The van der Waals surface area contributed by atoms with E-state index in [9.17, 15) is 4.79 Å². The molecule has 0 spiro atoms. The van der Waals surface area contributed by atoms with Gasteiger partial charge in [0.05, 0.1) is 11.6 Å². The Hall–Kier alpha value is -1.86. The number of hydrogen-bond donors (Lipinski definition) is 1. The normalized spacial score (nSPS) is 15.6. The van der Waals surface area contributed by atoms with Crippen molar-refractivity contribution in [2.75, 3.05) is 20.3 Å². The molecular formula is C15H18N2O2. The number of nitrogens with zero attached hydrogens (tertiary/aromatic N) is 1. The van der Waals surface area contributed by atoms with E-state index >= 15 is 0 Å². The van der Waals surface area contributed by atoms with E-state index in [0.29, 0.717) is 17.7 Å². The maximum Gasteiger partial charge on any atom is 0.251 e. The van der Waals surface area contributed by atoms with Crippen LogP contribution in [0.2, 0.25) is 0 Å². The molecule has 1 amide bonds. The molecule has 1 saturated carbocycles. The average molecular weight is 258 g/mol. The molecule has 0 heterocycles. The van der Waals surface area contributed by atoms with Crippen molar-refractivity contribution in [2.24, 2.45) is 5.41 Å². The second-order valence-corrected chi connectivity index (χ2v) is 5.11. The van der Waals surface area contributed by atoms with E-state index in [0.717, 1.165) is 25.9 Å². The topological polar surface area (TPSA) is 62.1 Å². The van der Waals surface area contributed by atoms with Gasteiger partial charge in [0, 0.05) is 25.8 Å². The summed E-state index contributed by atoms with van der Waals surface area (Å²) in [4.78, 5) is 12.0. The first-order valence-corrected chi connectivity index (χ1v) is 6.46. The van der Waals surface area contributed by atoms with Gasteiger partial charge in [-0.15, -0.1) is 0 Å². The van der Waals surface area contributed by atoms with E-state index in [-0.39, 0.29) is 11.3 Å². The minimum atomic E-state index is -0.0758. The molecule has 1 aliphatic carbocycles. The summed E-state index contributed by atoms with van der Waals surface area (Å²) in [6.07, 6.45) is 3.31. The summed E-state index contributed by atoms with van der Waals surface area (Å²) in [5.41, 5.74) is 1.41. The van der Waals surface area contributed by atoms with E-state index < -0.39 is 0 Å². The molecule has 4 heteroatoms. The molecular weight excluding hydrogens is 240 g/mol. The van der Waals surface area contributed by atoms with Gasteiger partial charge in [-0.25, -0.2) is 0 Å². The molecule has 0 bridgehead atoms. The van der Waals surface area contributed by atoms with Crippen molar-refractivity contribution >= 4 is 5.91 Å². The summed E-state index contributed by atoms with van der Waals surface area (Å²) in [7, 11) is 1.70. The first kappa shape index (κ1) is 13.6. The molecule has 4 nitrogen and oxygen atoms in total. The number of carbonyl (C=O) groups is 1. The number of carbonyl (C=O) groups excluding carboxylic acids is 1. The average Bonchev–Trinajstić information content (AvgIpc) is 3.23. The quantitative estimate of drug-likeness (QED) is 0.850. The van der Waals surface area contributed by atoms with Gasteiger partial charge in [-0.05, 0) is 48.9 Å². The lowest BCUT2D eigenvalue weighted by molar-refractivity contribution is 0.0938. The SMILES string of the molecule is COCCC1(CNC(=O)c2ccc(C#N)cc2)CC1. The van der Waals surface area contributed by atoms with Gasteiger partial charge in [0.15, 0.2) is 0 Å². The molecule has 1 aromatic carbocycles. The smallest absolute Gasteiger partial charge is 0.251 e. The third-order valence-corrected chi connectivity index (χ3v) is 3.69. The van der Waals surface area contributed by atoms with E-state index in [1.165, 1.54) is 0 Å². The van der Waals surface area contributed by atoms with Crippen LogP contribution in [-0.2, 0) is 4.74 Å². The predicted octanol–water partition coefficient (Wildman–Crippen LogP) is 2.10. The lowest BCUT2D eigenvalue weighted by atomic mass is 10.0. The van der Waals surface area contributed by atoms with Crippen LogP contribution in [0.3, 0.4) is 0 Å². The molecule has 1 aromatic rings. The molecule has 1 N–H and O–H groups in total. The highest BCUT2D eigenvalue weighted by Crippen LogP contribution is 2.48. The van der Waals surface area contributed by atoms with Crippen molar-refractivity contribution in [1.82, 2.24) is 5.32 Å². The standard InChI is InChI=1S/C15H18N2O2/c1-19-9-8-15(6-7-15)11-17-14(18)13-4-2-12(10-16)3-5-13/h2-5H,6-9,11H2,1H3,(H,17,18). The lowest BCUT2D eigenvalue weighted by Gasteiger charge is -2.15. The Balaban J connectivity index is 1.86. The zero-order valence-corrected chi connectivity index (χ0v) is 11.1. The summed E-state index contributed by atoms with van der Waals surface area (Å²) < 4.78 is 5.09. The Morgan fingerprint density at radius 3 is 2.63 bits per heavy atom. The Kier molecular flexibility index (Phi) is 4.18. The van der Waals surface area contributed by atoms with Crippen molar-refractivity contribution in [3.63, 3.8) is 0 Å². The molecule has 1 fully saturated rings. The van der Waals surface area contributed by atoms with Crippen LogP contribution in [-0.4, -0.2) is 26.2 Å². The van der Waals surface area contributed by atoms with Gasteiger partial charge >= 0.3 is 0 Å². The maximum atomic E-state index is 12.0. The molecule has 0 aliphatic heterocycles. The molecule has 0 unspecified atom stereocenters. The minimum Gasteiger partial charge on any atom is -0.385 e. The van der Waals surface area contributed by atoms with Crippen molar-refractivity contribution in [3.8, 4) is 6.07 Å². The second-order valence-electron chi connectivity index (χ2n) is 5.11. The Morgan fingerprint density at radius 1 is 1.42 bits per heavy atom. The van der Waals surface area contributed by atoms with E-state index in [2.05, 4.69) is 5.32 Å². The number of amides is 1. The zero-order chi connectivity index (χ0) is 13.7. The molecule has 0 saturated heterocycles. The number of benzene rings is 1. The summed E-state index contributed by atoms with van der Waals surface area (Å²) in [5, 5.41) is 11.7. The summed E-state index contributed by atoms with van der Waals surface area (Å²) in [6.45, 7) is 1.45. The summed E-state index contributed by atoms with van der Waals surface area (Å²) in [6, 6.07) is 8.72. The monoisotopic (exact) mass is 258 g/mol. The van der Waals surface area contributed by atoms with Crippen LogP contribution < -0.4 is 5.32 Å². The van der Waals surface area contributed by atoms with Crippen LogP contribution in [0.15, 0.2) is 24.3 Å². The first-order valence-electron chi connectivity index (χ1n) is 6.46. The lowest BCUT2D eigenvalue weighted by Crippen LogP contribution is -2.30. The third-order valence-electron chi connectivity index (χ3n) is 3.69. The molecule has 19 heavy (non-hydrogen) atoms. The van der Waals surface area contributed by atoms with E-state index in [1.807, 2.05) is 6.07 Å². The van der Waals surface area contributed by atoms with E-state index in [1.54, 1.807) is 31.4 Å². The number of ether oxygens (including phenoxy) is 1. The van der Waals surface area contributed by atoms with E-state index in [4.69, 9.17) is 10.00 Å². The highest BCUT2D eigenvalue weighted by Gasteiger charge is 2.42.